The maximum atomic E-state index is 13.9. The van der Waals surface area contributed by atoms with Crippen LogP contribution in [0.25, 0.3) is 0 Å². The Morgan fingerprint density at radius 1 is 1.15 bits per heavy atom. The third kappa shape index (κ3) is 4.66. The number of nitrogens with one attached hydrogen (secondary N) is 1. The van der Waals surface area contributed by atoms with Gasteiger partial charge in [-0.3, -0.25) is 4.90 Å². The molecule has 2 aromatic rings. The Hall–Kier alpha value is -2.41. The maximum absolute atomic E-state index is 13.9. The number of ether oxygens (including phenoxy) is 1. The molecule has 1 N–H and O–H groups in total. The summed E-state index contributed by atoms with van der Waals surface area (Å²) in [5, 5.41) is 3.41. The monoisotopic (exact) mass is 371 g/mol. The summed E-state index contributed by atoms with van der Waals surface area (Å²) < 4.78 is 18.9. The summed E-state index contributed by atoms with van der Waals surface area (Å²) in [5.41, 5.74) is 0.968. The van der Waals surface area contributed by atoms with Crippen molar-refractivity contribution in [3.8, 4) is 5.75 Å². The number of hydrogen-bond acceptors (Lipinski definition) is 6. The van der Waals surface area contributed by atoms with E-state index in [0.29, 0.717) is 5.75 Å². The molecule has 7 heteroatoms. The van der Waals surface area contributed by atoms with Crippen molar-refractivity contribution in [2.24, 2.45) is 5.92 Å². The molecule has 1 saturated heterocycles. The Bertz CT molecular complexity index is 775. The zero-order chi connectivity index (χ0) is 18.6. The van der Waals surface area contributed by atoms with Gasteiger partial charge in [0.25, 0.3) is 0 Å². The van der Waals surface area contributed by atoms with E-state index in [9.17, 15) is 4.39 Å². The van der Waals surface area contributed by atoms with E-state index in [1.54, 1.807) is 18.5 Å². The summed E-state index contributed by atoms with van der Waals surface area (Å²) >= 11 is 0. The lowest BCUT2D eigenvalue weighted by Crippen LogP contribution is -2.46. The second-order valence-corrected chi connectivity index (χ2v) is 7.32. The summed E-state index contributed by atoms with van der Waals surface area (Å²) in [6.07, 6.45) is 4.28. The predicted molar refractivity (Wildman–Crippen MR) is 104 cm³/mol. The van der Waals surface area contributed by atoms with Crippen LogP contribution in [0.4, 0.5) is 16.0 Å². The van der Waals surface area contributed by atoms with Crippen LogP contribution in [0, 0.1) is 11.7 Å². The maximum Gasteiger partial charge on any atom is 0.165 e. The first-order chi connectivity index (χ1) is 13.2. The highest BCUT2D eigenvalue weighted by atomic mass is 19.1. The Labute approximate surface area is 159 Å². The van der Waals surface area contributed by atoms with E-state index in [4.69, 9.17) is 4.74 Å². The number of benzene rings is 1. The van der Waals surface area contributed by atoms with Crippen molar-refractivity contribution in [1.29, 1.82) is 0 Å². The fourth-order valence-corrected chi connectivity index (χ4v) is 3.39. The second kappa shape index (κ2) is 8.08. The van der Waals surface area contributed by atoms with Crippen molar-refractivity contribution < 1.29 is 9.13 Å². The largest absolute Gasteiger partial charge is 0.494 e. The highest BCUT2D eigenvalue weighted by Crippen LogP contribution is 2.29. The summed E-state index contributed by atoms with van der Waals surface area (Å²) in [5.74, 6) is 2.68. The van der Waals surface area contributed by atoms with E-state index >= 15 is 0 Å². The third-order valence-corrected chi connectivity index (χ3v) is 5.24. The minimum atomic E-state index is -0.305. The number of piperazine rings is 1. The summed E-state index contributed by atoms with van der Waals surface area (Å²) in [6, 6.07) is 7.22. The topological polar surface area (TPSA) is 53.5 Å². The Morgan fingerprint density at radius 2 is 1.96 bits per heavy atom. The van der Waals surface area contributed by atoms with Gasteiger partial charge in [0.1, 0.15) is 18.0 Å². The summed E-state index contributed by atoms with van der Waals surface area (Å²) in [6.45, 7) is 5.38. The molecule has 2 fully saturated rings. The van der Waals surface area contributed by atoms with Crippen LogP contribution in [0.1, 0.15) is 18.4 Å². The van der Waals surface area contributed by atoms with E-state index in [1.165, 1.54) is 20.0 Å². The second-order valence-electron chi connectivity index (χ2n) is 7.32. The molecule has 6 nitrogen and oxygen atoms in total. The molecule has 0 atom stereocenters. The normalized spacial score (nSPS) is 17.8. The zero-order valence-electron chi connectivity index (χ0n) is 15.7. The number of anilines is 2. The molecule has 1 aliphatic carbocycles. The van der Waals surface area contributed by atoms with Gasteiger partial charge < -0.3 is 15.0 Å². The molecule has 0 bridgehead atoms. The van der Waals surface area contributed by atoms with Gasteiger partial charge in [0.05, 0.1) is 7.11 Å². The lowest BCUT2D eigenvalue weighted by Gasteiger charge is -2.35. The van der Waals surface area contributed by atoms with Crippen molar-refractivity contribution in [3.05, 3.63) is 42.0 Å². The fourth-order valence-electron chi connectivity index (χ4n) is 3.39. The molecule has 1 aromatic carbocycles. The van der Waals surface area contributed by atoms with Crippen LogP contribution < -0.4 is 15.0 Å². The average Bonchev–Trinajstić information content (AvgIpc) is 3.52. The number of halogens is 1. The summed E-state index contributed by atoms with van der Waals surface area (Å²) in [7, 11) is 1.48. The molecule has 0 amide bonds. The highest BCUT2D eigenvalue weighted by Gasteiger charge is 2.22. The lowest BCUT2D eigenvalue weighted by molar-refractivity contribution is 0.249. The standard InChI is InChI=1S/C20H26FN5O/c1-27-18-5-4-16(10-17(18)21)13-25-6-8-26(9-7-25)20-11-19(23-14-24-20)22-12-15-2-3-15/h4-5,10-11,14-15H,2-3,6-9,12-13H2,1H3,(H,22,23,24). The first-order valence-corrected chi connectivity index (χ1v) is 9.57. The first kappa shape index (κ1) is 18.0. The molecular formula is C20H26FN5O. The van der Waals surface area contributed by atoms with Gasteiger partial charge in [0, 0.05) is 45.3 Å². The molecule has 0 radical (unpaired) electrons. The molecule has 0 spiro atoms. The van der Waals surface area contributed by atoms with Crippen molar-refractivity contribution in [2.75, 3.05) is 50.1 Å². The van der Waals surface area contributed by atoms with Crippen LogP contribution in [0.15, 0.2) is 30.6 Å². The van der Waals surface area contributed by atoms with Crippen LogP contribution in [0.5, 0.6) is 5.75 Å². The number of aromatic nitrogens is 2. The van der Waals surface area contributed by atoms with Gasteiger partial charge in [0.2, 0.25) is 0 Å². The molecule has 1 aromatic heterocycles. The molecule has 27 heavy (non-hydrogen) atoms. The van der Waals surface area contributed by atoms with Crippen LogP contribution in [0.2, 0.25) is 0 Å². The Morgan fingerprint density at radius 3 is 2.67 bits per heavy atom. The fraction of sp³-hybridized carbons (Fsp3) is 0.500. The summed E-state index contributed by atoms with van der Waals surface area (Å²) in [4.78, 5) is 13.4. The molecule has 2 aliphatic rings. The molecule has 1 aliphatic heterocycles. The van der Waals surface area contributed by atoms with E-state index in [-0.39, 0.29) is 5.82 Å². The van der Waals surface area contributed by atoms with E-state index in [2.05, 4.69) is 25.1 Å². The van der Waals surface area contributed by atoms with Gasteiger partial charge in [-0.05, 0) is 36.5 Å². The van der Waals surface area contributed by atoms with Crippen LogP contribution in [-0.4, -0.2) is 54.7 Å². The number of rotatable bonds is 7. The highest BCUT2D eigenvalue weighted by molar-refractivity contribution is 5.48. The third-order valence-electron chi connectivity index (χ3n) is 5.24. The smallest absolute Gasteiger partial charge is 0.165 e. The number of methoxy groups -OCH3 is 1. The number of hydrogen-bond donors (Lipinski definition) is 1. The van der Waals surface area contributed by atoms with E-state index < -0.39 is 0 Å². The van der Waals surface area contributed by atoms with Gasteiger partial charge in [0.15, 0.2) is 11.6 Å². The van der Waals surface area contributed by atoms with Crippen molar-refractivity contribution in [3.63, 3.8) is 0 Å². The molecule has 0 unspecified atom stereocenters. The van der Waals surface area contributed by atoms with E-state index in [1.807, 2.05) is 12.1 Å². The van der Waals surface area contributed by atoms with Crippen LogP contribution in [0.3, 0.4) is 0 Å². The van der Waals surface area contributed by atoms with Gasteiger partial charge >= 0.3 is 0 Å². The molecule has 1 saturated carbocycles. The lowest BCUT2D eigenvalue weighted by atomic mass is 10.2. The van der Waals surface area contributed by atoms with Crippen molar-refractivity contribution >= 4 is 11.6 Å². The minimum absolute atomic E-state index is 0.290. The Balaban J connectivity index is 1.30. The van der Waals surface area contributed by atoms with Crippen molar-refractivity contribution in [1.82, 2.24) is 14.9 Å². The minimum Gasteiger partial charge on any atom is -0.494 e. The van der Waals surface area contributed by atoms with Gasteiger partial charge in [-0.1, -0.05) is 6.07 Å². The van der Waals surface area contributed by atoms with Crippen LogP contribution in [-0.2, 0) is 6.54 Å². The first-order valence-electron chi connectivity index (χ1n) is 9.57. The van der Waals surface area contributed by atoms with Crippen molar-refractivity contribution in [2.45, 2.75) is 19.4 Å². The van der Waals surface area contributed by atoms with E-state index in [0.717, 1.165) is 62.4 Å². The van der Waals surface area contributed by atoms with Gasteiger partial charge in [-0.15, -0.1) is 0 Å². The molecule has 144 valence electrons. The SMILES string of the molecule is COc1ccc(CN2CCN(c3cc(NCC4CC4)ncn3)CC2)cc1F. The number of nitrogens with zero attached hydrogens (tertiary/aromatic N) is 4. The molecule has 4 rings (SSSR count). The van der Waals surface area contributed by atoms with Gasteiger partial charge in [-0.2, -0.15) is 0 Å². The predicted octanol–water partition coefficient (Wildman–Crippen LogP) is 2.77. The zero-order valence-corrected chi connectivity index (χ0v) is 15.7. The molecular weight excluding hydrogens is 345 g/mol. The molecule has 2 heterocycles. The average molecular weight is 371 g/mol. The Kier molecular flexibility index (Phi) is 5.38. The quantitative estimate of drug-likeness (QED) is 0.808. The van der Waals surface area contributed by atoms with Gasteiger partial charge in [-0.25, -0.2) is 14.4 Å². The van der Waals surface area contributed by atoms with Crippen LogP contribution >= 0.6 is 0 Å².